The Labute approximate surface area is 159 Å². The summed E-state index contributed by atoms with van der Waals surface area (Å²) in [5.74, 6) is 1.37. The smallest absolute Gasteiger partial charge is 0.407 e. The molecule has 0 radical (unpaired) electrons. The Morgan fingerprint density at radius 2 is 2.23 bits per heavy atom. The van der Waals surface area contributed by atoms with Crippen molar-refractivity contribution in [3.63, 3.8) is 0 Å². The van der Waals surface area contributed by atoms with Gasteiger partial charge in [0, 0.05) is 19.6 Å². The van der Waals surface area contributed by atoms with E-state index < -0.39 is 6.09 Å². The lowest BCUT2D eigenvalue weighted by Gasteiger charge is -2.16. The van der Waals surface area contributed by atoms with Gasteiger partial charge in [0.05, 0.1) is 13.2 Å². The highest BCUT2D eigenvalue weighted by molar-refractivity contribution is 9.10. The van der Waals surface area contributed by atoms with E-state index in [0.717, 1.165) is 11.3 Å². The topological polar surface area (TPSA) is 103 Å². The van der Waals surface area contributed by atoms with Crippen molar-refractivity contribution >= 4 is 27.8 Å². The van der Waals surface area contributed by atoms with Gasteiger partial charge in [-0.3, -0.25) is 0 Å². The molecule has 0 spiro atoms. The molecule has 1 aromatic heterocycles. The molecule has 136 valence electrons. The minimum Gasteiger partial charge on any atom is -0.497 e. The van der Waals surface area contributed by atoms with Crippen molar-refractivity contribution in [1.29, 1.82) is 5.26 Å². The number of carbonyl (C=O) groups is 1. The Bertz CT molecular complexity index is 843. The molecule has 8 nitrogen and oxygen atoms in total. The normalized spacial score (nSPS) is 16.3. The van der Waals surface area contributed by atoms with E-state index in [1.807, 2.05) is 24.3 Å². The summed E-state index contributed by atoms with van der Waals surface area (Å²) in [6.45, 7) is 1.31. The molecule has 3 rings (SSSR count). The van der Waals surface area contributed by atoms with Crippen LogP contribution in [0.15, 0.2) is 28.9 Å². The number of ether oxygens (including phenoxy) is 1. The van der Waals surface area contributed by atoms with Crippen molar-refractivity contribution in [2.24, 2.45) is 0 Å². The van der Waals surface area contributed by atoms with Gasteiger partial charge in [-0.2, -0.15) is 10.4 Å². The molecule has 0 bridgehead atoms. The first-order valence-electron chi connectivity index (χ1n) is 8.06. The maximum atomic E-state index is 11.2. The average molecular weight is 420 g/mol. The van der Waals surface area contributed by atoms with Crippen LogP contribution in [0.3, 0.4) is 0 Å². The fourth-order valence-electron chi connectivity index (χ4n) is 2.98. The van der Waals surface area contributed by atoms with E-state index in [-0.39, 0.29) is 6.04 Å². The predicted octanol–water partition coefficient (Wildman–Crippen LogP) is 3.06. The van der Waals surface area contributed by atoms with Crippen LogP contribution in [0.25, 0.3) is 0 Å². The number of hydrogen-bond acceptors (Lipinski definition) is 5. The van der Waals surface area contributed by atoms with Crippen LogP contribution in [0.2, 0.25) is 0 Å². The fourth-order valence-corrected chi connectivity index (χ4v) is 3.43. The molecule has 1 atom stereocenters. The summed E-state index contributed by atoms with van der Waals surface area (Å²) in [6.07, 6.45) is -0.283. The third-order valence-corrected chi connectivity index (χ3v) is 4.93. The van der Waals surface area contributed by atoms with Crippen molar-refractivity contribution in [3.05, 3.63) is 40.0 Å². The fraction of sp³-hybridized carbons (Fsp3) is 0.353. The highest BCUT2D eigenvalue weighted by Crippen LogP contribution is 2.31. The number of methoxy groups -OCH3 is 1. The summed E-state index contributed by atoms with van der Waals surface area (Å²) in [5.41, 5.74) is 1.43. The lowest BCUT2D eigenvalue weighted by atomic mass is 10.2. The number of nitriles is 1. The van der Waals surface area contributed by atoms with Crippen LogP contribution >= 0.6 is 15.9 Å². The Balaban J connectivity index is 1.81. The second kappa shape index (κ2) is 7.66. The van der Waals surface area contributed by atoms with Gasteiger partial charge in [-0.1, -0.05) is 12.1 Å². The summed E-state index contributed by atoms with van der Waals surface area (Å²) in [4.78, 5) is 12.5. The predicted molar refractivity (Wildman–Crippen MR) is 98.2 cm³/mol. The number of nitrogens with zero attached hydrogens (tertiary/aromatic N) is 4. The molecule has 26 heavy (non-hydrogen) atoms. The zero-order valence-corrected chi connectivity index (χ0v) is 15.7. The number of amides is 1. The molecule has 1 aliphatic rings. The lowest BCUT2D eigenvalue weighted by Crippen LogP contribution is -2.27. The zero-order chi connectivity index (χ0) is 18.7. The third kappa shape index (κ3) is 3.60. The summed E-state index contributed by atoms with van der Waals surface area (Å²) >= 11 is 3.32. The van der Waals surface area contributed by atoms with Crippen molar-refractivity contribution in [2.45, 2.75) is 19.0 Å². The molecule has 1 saturated heterocycles. The van der Waals surface area contributed by atoms with Crippen LogP contribution in [-0.2, 0) is 6.54 Å². The van der Waals surface area contributed by atoms with Crippen molar-refractivity contribution in [3.8, 4) is 11.8 Å². The monoisotopic (exact) mass is 419 g/mol. The molecule has 0 saturated carbocycles. The van der Waals surface area contributed by atoms with E-state index in [0.29, 0.717) is 42.0 Å². The Hall–Kier alpha value is -2.73. The lowest BCUT2D eigenvalue weighted by molar-refractivity contribution is 0.154. The molecule has 1 aliphatic heterocycles. The molecule has 1 aromatic carbocycles. The van der Waals surface area contributed by atoms with E-state index in [1.165, 1.54) is 4.90 Å². The van der Waals surface area contributed by atoms with Crippen LogP contribution < -0.4 is 10.1 Å². The number of aromatic nitrogens is 2. The second-order valence-electron chi connectivity index (χ2n) is 5.94. The van der Waals surface area contributed by atoms with Crippen LogP contribution in [0.5, 0.6) is 5.75 Å². The molecule has 1 amide bonds. The molecular formula is C17H18BrN5O3. The number of likely N-dealkylation sites (tertiary alicyclic amines) is 1. The first kappa shape index (κ1) is 18.1. The van der Waals surface area contributed by atoms with Crippen LogP contribution in [0.4, 0.5) is 10.6 Å². The molecule has 2 heterocycles. The summed E-state index contributed by atoms with van der Waals surface area (Å²) in [7, 11) is 1.62. The number of halogens is 1. The highest BCUT2D eigenvalue weighted by atomic mass is 79.9. The second-order valence-corrected chi connectivity index (χ2v) is 6.69. The van der Waals surface area contributed by atoms with Gasteiger partial charge in [0.2, 0.25) is 0 Å². The van der Waals surface area contributed by atoms with Gasteiger partial charge in [-0.25, -0.2) is 9.48 Å². The minimum absolute atomic E-state index is 0.108. The molecule has 2 N–H and O–H groups in total. The van der Waals surface area contributed by atoms with E-state index in [2.05, 4.69) is 32.4 Å². The Kier molecular flexibility index (Phi) is 5.32. The number of nitrogens with one attached hydrogen (secondary N) is 1. The van der Waals surface area contributed by atoms with E-state index in [9.17, 15) is 10.1 Å². The molecular weight excluding hydrogens is 402 g/mol. The largest absolute Gasteiger partial charge is 0.497 e. The van der Waals surface area contributed by atoms with Crippen molar-refractivity contribution < 1.29 is 14.6 Å². The van der Waals surface area contributed by atoms with Crippen molar-refractivity contribution in [2.75, 3.05) is 25.5 Å². The van der Waals surface area contributed by atoms with E-state index in [4.69, 9.17) is 9.84 Å². The number of hydrogen-bond donors (Lipinski definition) is 2. The molecule has 1 unspecified atom stereocenters. The Morgan fingerprint density at radius 3 is 2.81 bits per heavy atom. The molecule has 0 aliphatic carbocycles. The summed E-state index contributed by atoms with van der Waals surface area (Å²) in [5, 5.41) is 26.3. The SMILES string of the molecule is COc1ccc(CNc2c(C#N)c(Br)nn2C2CCN(C(=O)O)C2)cc1. The van der Waals surface area contributed by atoms with Gasteiger partial charge in [-0.05, 0) is 40.0 Å². The first-order valence-corrected chi connectivity index (χ1v) is 8.85. The number of benzene rings is 1. The number of carboxylic acid groups (broad SMARTS) is 1. The van der Waals surface area contributed by atoms with Crippen LogP contribution in [0.1, 0.15) is 23.6 Å². The van der Waals surface area contributed by atoms with Gasteiger partial charge in [-0.15, -0.1) is 0 Å². The molecule has 1 fully saturated rings. The van der Waals surface area contributed by atoms with Gasteiger partial charge in [0.1, 0.15) is 27.8 Å². The van der Waals surface area contributed by atoms with Crippen molar-refractivity contribution in [1.82, 2.24) is 14.7 Å². The van der Waals surface area contributed by atoms with Crippen LogP contribution in [-0.4, -0.2) is 46.1 Å². The maximum Gasteiger partial charge on any atom is 0.407 e. The maximum absolute atomic E-state index is 11.2. The average Bonchev–Trinajstić information content (AvgIpc) is 3.24. The number of rotatable bonds is 5. The van der Waals surface area contributed by atoms with E-state index >= 15 is 0 Å². The molecule has 9 heteroatoms. The van der Waals surface area contributed by atoms with Gasteiger partial charge < -0.3 is 20.1 Å². The summed E-state index contributed by atoms with van der Waals surface area (Å²) in [6, 6.07) is 9.67. The summed E-state index contributed by atoms with van der Waals surface area (Å²) < 4.78 is 7.32. The third-order valence-electron chi connectivity index (χ3n) is 4.38. The van der Waals surface area contributed by atoms with Gasteiger partial charge >= 0.3 is 6.09 Å². The molecule has 2 aromatic rings. The minimum atomic E-state index is -0.938. The zero-order valence-electron chi connectivity index (χ0n) is 14.1. The quantitative estimate of drug-likeness (QED) is 0.771. The van der Waals surface area contributed by atoms with E-state index in [1.54, 1.807) is 11.8 Å². The standard InChI is InChI=1S/C17H18BrN5O3/c1-26-13-4-2-11(3-5-13)9-20-16-14(8-19)15(18)21-23(16)12-6-7-22(10-12)17(24)25/h2-5,12,20H,6-7,9-10H2,1H3,(H,24,25). The highest BCUT2D eigenvalue weighted by Gasteiger charge is 2.31. The van der Waals surface area contributed by atoms with Crippen LogP contribution in [0, 0.1) is 11.3 Å². The Morgan fingerprint density at radius 1 is 1.50 bits per heavy atom. The number of anilines is 1. The van der Waals surface area contributed by atoms with Gasteiger partial charge in [0.15, 0.2) is 0 Å². The first-order chi connectivity index (χ1) is 12.5. The van der Waals surface area contributed by atoms with Gasteiger partial charge in [0.25, 0.3) is 0 Å².